The van der Waals surface area contributed by atoms with Crippen molar-refractivity contribution in [1.82, 2.24) is 9.29 Å². The molecule has 29 heavy (non-hydrogen) atoms. The van der Waals surface area contributed by atoms with Gasteiger partial charge in [-0.3, -0.25) is 9.69 Å². The van der Waals surface area contributed by atoms with Crippen molar-refractivity contribution in [2.45, 2.75) is 25.0 Å². The number of pyridine rings is 1. The number of hydrogen-bond acceptors (Lipinski definition) is 5. The number of nitrogens with zero attached hydrogens (tertiary/aromatic N) is 3. The van der Waals surface area contributed by atoms with Crippen molar-refractivity contribution in [3.8, 4) is 0 Å². The van der Waals surface area contributed by atoms with Gasteiger partial charge in [-0.2, -0.15) is 0 Å². The van der Waals surface area contributed by atoms with Gasteiger partial charge in [0.25, 0.3) is 15.9 Å². The fourth-order valence-electron chi connectivity index (χ4n) is 2.96. The third-order valence-corrected chi connectivity index (χ3v) is 6.32. The molecule has 0 N–H and O–H groups in total. The summed E-state index contributed by atoms with van der Waals surface area (Å²) in [4.78, 5) is 19.4. The summed E-state index contributed by atoms with van der Waals surface area (Å²) in [5.41, 5.74) is 1.10. The van der Waals surface area contributed by atoms with E-state index < -0.39 is 10.0 Å². The molecule has 0 spiro atoms. The van der Waals surface area contributed by atoms with Gasteiger partial charge >= 0.3 is 0 Å². The standard InChI is InChI=1S/C21H23N3O4S/c1-15(17-10-6-5-7-11-17)24(19-12-8-9-13-22-19)21(25)18-14-20(28-16(18)2)29(26,27)23(3)4/h5-15H,1-4H3. The maximum absolute atomic E-state index is 13.5. The molecule has 7 nitrogen and oxygen atoms in total. The molecule has 8 heteroatoms. The van der Waals surface area contributed by atoms with Crippen LogP contribution < -0.4 is 4.90 Å². The summed E-state index contributed by atoms with van der Waals surface area (Å²) in [6, 6.07) is 15.8. The van der Waals surface area contributed by atoms with E-state index in [-0.39, 0.29) is 28.4 Å². The predicted molar refractivity (Wildman–Crippen MR) is 110 cm³/mol. The number of aromatic nitrogens is 1. The SMILES string of the molecule is Cc1oc(S(=O)(=O)N(C)C)cc1C(=O)N(c1ccccn1)C(C)c1ccccc1. The maximum atomic E-state index is 13.5. The lowest BCUT2D eigenvalue weighted by Crippen LogP contribution is -2.34. The number of sulfonamides is 1. The fourth-order valence-corrected chi connectivity index (χ4v) is 3.82. The van der Waals surface area contributed by atoms with Gasteiger partial charge in [0, 0.05) is 26.4 Å². The number of hydrogen-bond donors (Lipinski definition) is 0. The Morgan fingerprint density at radius 1 is 1.07 bits per heavy atom. The van der Waals surface area contributed by atoms with Gasteiger partial charge < -0.3 is 4.42 Å². The van der Waals surface area contributed by atoms with E-state index in [4.69, 9.17) is 4.42 Å². The molecule has 152 valence electrons. The van der Waals surface area contributed by atoms with Gasteiger partial charge in [-0.25, -0.2) is 17.7 Å². The van der Waals surface area contributed by atoms with Gasteiger partial charge in [0.2, 0.25) is 5.09 Å². The zero-order valence-electron chi connectivity index (χ0n) is 16.7. The third-order valence-electron chi connectivity index (χ3n) is 4.64. The average molecular weight is 413 g/mol. The molecular formula is C21H23N3O4S. The normalized spacial score (nSPS) is 12.7. The lowest BCUT2D eigenvalue weighted by Gasteiger charge is -2.28. The summed E-state index contributed by atoms with van der Waals surface area (Å²) >= 11 is 0. The highest BCUT2D eigenvalue weighted by Gasteiger charge is 2.31. The quantitative estimate of drug-likeness (QED) is 0.616. The molecule has 3 aromatic rings. The minimum Gasteiger partial charge on any atom is -0.448 e. The Bertz CT molecular complexity index is 1090. The fraction of sp³-hybridized carbons (Fsp3) is 0.238. The molecule has 1 aromatic carbocycles. The molecular weight excluding hydrogens is 390 g/mol. The second kappa shape index (κ2) is 8.18. The zero-order valence-corrected chi connectivity index (χ0v) is 17.6. The van der Waals surface area contributed by atoms with Crippen LogP contribution >= 0.6 is 0 Å². The topological polar surface area (TPSA) is 83.7 Å². The summed E-state index contributed by atoms with van der Waals surface area (Å²) in [6.07, 6.45) is 1.61. The summed E-state index contributed by atoms with van der Waals surface area (Å²) < 4.78 is 31.3. The molecule has 1 unspecified atom stereocenters. The number of carbonyl (C=O) groups is 1. The number of rotatable bonds is 6. The van der Waals surface area contributed by atoms with Gasteiger partial charge in [-0.1, -0.05) is 36.4 Å². The van der Waals surface area contributed by atoms with Crippen LogP contribution in [0.15, 0.2) is 70.3 Å². The van der Waals surface area contributed by atoms with Crippen molar-refractivity contribution < 1.29 is 17.6 Å². The minimum absolute atomic E-state index is 0.179. The van der Waals surface area contributed by atoms with Crippen molar-refractivity contribution >= 4 is 21.7 Å². The molecule has 3 rings (SSSR count). The van der Waals surface area contributed by atoms with Crippen molar-refractivity contribution in [2.75, 3.05) is 19.0 Å². The number of anilines is 1. The monoisotopic (exact) mass is 413 g/mol. The van der Waals surface area contributed by atoms with Crippen LogP contribution in [0.4, 0.5) is 5.82 Å². The Morgan fingerprint density at radius 2 is 1.72 bits per heavy atom. The Balaban J connectivity index is 2.08. The molecule has 0 saturated heterocycles. The van der Waals surface area contributed by atoms with Crippen LogP contribution in [0, 0.1) is 6.92 Å². The first-order chi connectivity index (χ1) is 13.7. The van der Waals surface area contributed by atoms with Gasteiger partial charge in [0.1, 0.15) is 11.6 Å². The van der Waals surface area contributed by atoms with Crippen molar-refractivity contribution in [2.24, 2.45) is 0 Å². The number of benzene rings is 1. The summed E-state index contributed by atoms with van der Waals surface area (Å²) in [5.74, 6) is 0.310. The van der Waals surface area contributed by atoms with Crippen LogP contribution in [0.5, 0.6) is 0 Å². The second-order valence-electron chi connectivity index (χ2n) is 6.77. The Morgan fingerprint density at radius 3 is 2.31 bits per heavy atom. The molecule has 0 fully saturated rings. The molecule has 0 aliphatic rings. The largest absolute Gasteiger partial charge is 0.448 e. The Labute approximate surface area is 170 Å². The molecule has 2 aromatic heterocycles. The minimum atomic E-state index is -3.79. The summed E-state index contributed by atoms with van der Waals surface area (Å²) in [6.45, 7) is 3.47. The molecule has 0 saturated carbocycles. The van der Waals surface area contributed by atoms with E-state index in [0.717, 1.165) is 9.87 Å². The van der Waals surface area contributed by atoms with Gasteiger partial charge in [-0.05, 0) is 31.5 Å². The lowest BCUT2D eigenvalue weighted by atomic mass is 10.1. The molecule has 1 atom stereocenters. The summed E-state index contributed by atoms with van der Waals surface area (Å²) in [5, 5.41) is -0.267. The number of amides is 1. The first-order valence-corrected chi connectivity index (χ1v) is 10.5. The number of carbonyl (C=O) groups excluding carboxylic acids is 1. The zero-order chi connectivity index (χ0) is 21.2. The van der Waals surface area contributed by atoms with Crippen molar-refractivity contribution in [3.63, 3.8) is 0 Å². The molecule has 0 aliphatic heterocycles. The molecule has 1 amide bonds. The summed E-state index contributed by atoms with van der Waals surface area (Å²) in [7, 11) is -0.976. The van der Waals surface area contributed by atoms with Gasteiger partial charge in [0.05, 0.1) is 11.6 Å². The van der Waals surface area contributed by atoms with Crippen molar-refractivity contribution in [1.29, 1.82) is 0 Å². The first kappa shape index (κ1) is 20.8. The van der Waals surface area contributed by atoms with Gasteiger partial charge in [0.15, 0.2) is 0 Å². The molecule has 2 heterocycles. The second-order valence-corrected chi connectivity index (χ2v) is 8.86. The van der Waals surface area contributed by atoms with Crippen LogP contribution in [0.2, 0.25) is 0 Å². The number of furan rings is 1. The van der Waals surface area contributed by atoms with E-state index in [0.29, 0.717) is 5.82 Å². The maximum Gasteiger partial charge on any atom is 0.275 e. The van der Waals surface area contributed by atoms with Crippen molar-refractivity contribution in [3.05, 3.63) is 77.7 Å². The van der Waals surface area contributed by atoms with E-state index in [1.165, 1.54) is 20.2 Å². The average Bonchev–Trinajstić information content (AvgIpc) is 3.12. The third kappa shape index (κ3) is 4.08. The first-order valence-electron chi connectivity index (χ1n) is 9.06. The van der Waals surface area contributed by atoms with Crippen LogP contribution in [0.25, 0.3) is 0 Å². The van der Waals surface area contributed by atoms with E-state index in [9.17, 15) is 13.2 Å². The molecule has 0 radical (unpaired) electrons. The van der Waals surface area contributed by atoms with Crippen LogP contribution in [0.1, 0.15) is 34.6 Å². The highest BCUT2D eigenvalue weighted by Crippen LogP contribution is 2.30. The van der Waals surface area contributed by atoms with E-state index in [1.54, 1.807) is 36.2 Å². The highest BCUT2D eigenvalue weighted by molar-refractivity contribution is 7.88. The molecule has 0 aliphatic carbocycles. The van der Waals surface area contributed by atoms with E-state index in [2.05, 4.69) is 4.98 Å². The van der Waals surface area contributed by atoms with Gasteiger partial charge in [-0.15, -0.1) is 0 Å². The van der Waals surface area contributed by atoms with Crippen LogP contribution in [-0.2, 0) is 10.0 Å². The van der Waals surface area contributed by atoms with E-state index >= 15 is 0 Å². The smallest absolute Gasteiger partial charge is 0.275 e. The number of aryl methyl sites for hydroxylation is 1. The van der Waals surface area contributed by atoms with E-state index in [1.807, 2.05) is 37.3 Å². The van der Waals surface area contributed by atoms with Crippen LogP contribution in [0.3, 0.4) is 0 Å². The molecule has 0 bridgehead atoms. The predicted octanol–water partition coefficient (Wildman–Crippen LogP) is 3.64. The Kier molecular flexibility index (Phi) is 5.86. The van der Waals surface area contributed by atoms with Crippen LogP contribution in [-0.4, -0.2) is 37.7 Å². The lowest BCUT2D eigenvalue weighted by molar-refractivity contribution is 0.0976. The Hall–Kier alpha value is -2.97. The highest BCUT2D eigenvalue weighted by atomic mass is 32.2.